The molecule has 7 heteroatoms. The maximum absolute atomic E-state index is 12.8. The van der Waals surface area contributed by atoms with E-state index in [2.05, 4.69) is 0 Å². The number of aryl methyl sites for hydroxylation is 1. The average molecular weight is 337 g/mol. The number of nitrogens with two attached hydrogens (primary N) is 1. The third-order valence-corrected chi connectivity index (χ3v) is 6.80. The minimum atomic E-state index is -3.63. The zero-order chi connectivity index (χ0) is 15.1. The summed E-state index contributed by atoms with van der Waals surface area (Å²) in [4.78, 5) is 0.127. The minimum Gasteiger partial charge on any atom is -0.330 e. The fourth-order valence-corrected chi connectivity index (χ4v) is 5.16. The number of halogens is 2. The highest BCUT2D eigenvalue weighted by Gasteiger charge is 2.35. The third kappa shape index (κ3) is 2.70. The van der Waals surface area contributed by atoms with Gasteiger partial charge in [-0.15, -0.1) is 0 Å². The number of nitrogens with zero attached hydrogens (tertiary/aromatic N) is 1. The van der Waals surface area contributed by atoms with Crippen LogP contribution in [0.4, 0.5) is 0 Å². The Morgan fingerprint density at radius 2 is 2.05 bits per heavy atom. The molecule has 2 rings (SSSR count). The summed E-state index contributed by atoms with van der Waals surface area (Å²) in [6.07, 6.45) is 0.784. The molecule has 0 bridgehead atoms. The summed E-state index contributed by atoms with van der Waals surface area (Å²) in [5.41, 5.74) is 6.78. The van der Waals surface area contributed by atoms with Crippen LogP contribution in [0, 0.1) is 19.8 Å². The van der Waals surface area contributed by atoms with Crippen molar-refractivity contribution in [1.29, 1.82) is 0 Å². The number of benzene rings is 1. The second-order valence-corrected chi connectivity index (χ2v) is 7.86. The van der Waals surface area contributed by atoms with Gasteiger partial charge in [-0.25, -0.2) is 8.42 Å². The number of hydrogen-bond acceptors (Lipinski definition) is 3. The van der Waals surface area contributed by atoms with E-state index in [0.29, 0.717) is 35.8 Å². The highest BCUT2D eigenvalue weighted by atomic mass is 35.5. The van der Waals surface area contributed by atoms with Gasteiger partial charge < -0.3 is 5.73 Å². The molecule has 0 aliphatic carbocycles. The standard InChI is InChI=1S/C13H18Cl2N2O2S/c1-8-5-11(14)9(2)13(12(8)15)20(18,19)17-4-3-10(6-16)7-17/h5,10H,3-4,6-7,16H2,1-2H3. The van der Waals surface area contributed by atoms with E-state index >= 15 is 0 Å². The van der Waals surface area contributed by atoms with E-state index in [1.54, 1.807) is 19.9 Å². The molecule has 4 nitrogen and oxygen atoms in total. The molecular formula is C13H18Cl2N2O2S. The van der Waals surface area contributed by atoms with Crippen LogP contribution in [0.15, 0.2) is 11.0 Å². The Kier molecular flexibility index (Phi) is 4.66. The first kappa shape index (κ1) is 16.0. The predicted octanol–water partition coefficient (Wildman–Crippen LogP) is 2.58. The number of hydrogen-bond donors (Lipinski definition) is 1. The van der Waals surface area contributed by atoms with Gasteiger partial charge in [-0.1, -0.05) is 23.2 Å². The van der Waals surface area contributed by atoms with E-state index in [0.717, 1.165) is 6.42 Å². The van der Waals surface area contributed by atoms with Crippen LogP contribution >= 0.6 is 23.2 Å². The normalized spacial score (nSPS) is 20.6. The van der Waals surface area contributed by atoms with Crippen LogP contribution in [-0.2, 0) is 10.0 Å². The first-order chi connectivity index (χ1) is 9.28. The average Bonchev–Trinajstić information content (AvgIpc) is 2.86. The summed E-state index contributed by atoms with van der Waals surface area (Å²) >= 11 is 12.3. The van der Waals surface area contributed by atoms with Crippen molar-refractivity contribution >= 4 is 33.2 Å². The molecule has 0 radical (unpaired) electrons. The van der Waals surface area contributed by atoms with Crippen LogP contribution in [0.3, 0.4) is 0 Å². The zero-order valence-corrected chi connectivity index (χ0v) is 13.8. The summed E-state index contributed by atoms with van der Waals surface area (Å²) in [6, 6.07) is 1.69. The first-order valence-electron chi connectivity index (χ1n) is 6.44. The smallest absolute Gasteiger partial charge is 0.244 e. The summed E-state index contributed by atoms with van der Waals surface area (Å²) in [5.74, 6) is 0.212. The van der Waals surface area contributed by atoms with Gasteiger partial charge in [0.2, 0.25) is 10.0 Å². The first-order valence-corrected chi connectivity index (χ1v) is 8.64. The summed E-state index contributed by atoms with van der Waals surface area (Å²) < 4.78 is 27.0. The van der Waals surface area contributed by atoms with Gasteiger partial charge in [-0.2, -0.15) is 4.31 Å². The molecule has 0 saturated carbocycles. The number of rotatable bonds is 3. The lowest BCUT2D eigenvalue weighted by atomic mass is 10.1. The molecule has 1 aromatic carbocycles. The van der Waals surface area contributed by atoms with Gasteiger partial charge in [0.25, 0.3) is 0 Å². The Morgan fingerprint density at radius 1 is 1.40 bits per heavy atom. The van der Waals surface area contributed by atoms with E-state index in [4.69, 9.17) is 28.9 Å². The van der Waals surface area contributed by atoms with Gasteiger partial charge in [-0.05, 0) is 49.9 Å². The van der Waals surface area contributed by atoms with Crippen LogP contribution in [0.25, 0.3) is 0 Å². The lowest BCUT2D eigenvalue weighted by Crippen LogP contribution is -2.31. The molecule has 2 N–H and O–H groups in total. The van der Waals surface area contributed by atoms with E-state index in [1.807, 2.05) is 0 Å². The van der Waals surface area contributed by atoms with Gasteiger partial charge in [0.05, 0.1) is 5.02 Å². The molecule has 1 aromatic rings. The molecule has 1 unspecified atom stereocenters. The van der Waals surface area contributed by atoms with Gasteiger partial charge in [0.1, 0.15) is 4.90 Å². The molecular weight excluding hydrogens is 319 g/mol. The summed E-state index contributed by atoms with van der Waals surface area (Å²) in [6.45, 7) is 4.84. The maximum atomic E-state index is 12.8. The zero-order valence-electron chi connectivity index (χ0n) is 11.5. The van der Waals surface area contributed by atoms with Gasteiger partial charge in [0.15, 0.2) is 0 Å². The van der Waals surface area contributed by atoms with E-state index < -0.39 is 10.0 Å². The highest BCUT2D eigenvalue weighted by molar-refractivity contribution is 7.89. The SMILES string of the molecule is Cc1cc(Cl)c(C)c(S(=O)(=O)N2CCC(CN)C2)c1Cl. The molecule has 0 amide bonds. The van der Waals surface area contributed by atoms with E-state index in [1.165, 1.54) is 4.31 Å². The van der Waals surface area contributed by atoms with Gasteiger partial charge >= 0.3 is 0 Å². The Morgan fingerprint density at radius 3 is 2.60 bits per heavy atom. The van der Waals surface area contributed by atoms with Crippen LogP contribution in [0.1, 0.15) is 17.5 Å². The lowest BCUT2D eigenvalue weighted by Gasteiger charge is -2.20. The Bertz CT molecular complexity index is 605. The molecule has 112 valence electrons. The van der Waals surface area contributed by atoms with Crippen LogP contribution in [-0.4, -0.2) is 32.4 Å². The molecule has 1 fully saturated rings. The molecule has 0 aromatic heterocycles. The summed E-state index contributed by atoms with van der Waals surface area (Å²) in [5, 5.41) is 0.670. The summed E-state index contributed by atoms with van der Waals surface area (Å²) in [7, 11) is -3.63. The molecule has 1 atom stereocenters. The molecule has 1 heterocycles. The Hall–Kier alpha value is -0.330. The number of sulfonamides is 1. The molecule has 1 saturated heterocycles. The molecule has 0 spiro atoms. The highest BCUT2D eigenvalue weighted by Crippen LogP contribution is 2.36. The molecule has 1 aliphatic rings. The quantitative estimate of drug-likeness (QED) is 0.922. The fourth-order valence-electron chi connectivity index (χ4n) is 2.46. The topological polar surface area (TPSA) is 63.4 Å². The third-order valence-electron chi connectivity index (χ3n) is 3.77. The van der Waals surface area contributed by atoms with Crippen molar-refractivity contribution in [1.82, 2.24) is 4.31 Å². The van der Waals surface area contributed by atoms with Crippen molar-refractivity contribution in [2.24, 2.45) is 11.7 Å². The van der Waals surface area contributed by atoms with Crippen molar-refractivity contribution < 1.29 is 8.42 Å². The second kappa shape index (κ2) is 5.81. The minimum absolute atomic E-state index is 0.127. The molecule has 1 aliphatic heterocycles. The Labute approximate surface area is 129 Å². The lowest BCUT2D eigenvalue weighted by molar-refractivity contribution is 0.458. The largest absolute Gasteiger partial charge is 0.330 e. The Balaban J connectivity index is 2.51. The van der Waals surface area contributed by atoms with E-state index in [9.17, 15) is 8.42 Å². The van der Waals surface area contributed by atoms with Crippen molar-refractivity contribution in [2.75, 3.05) is 19.6 Å². The molecule has 20 heavy (non-hydrogen) atoms. The van der Waals surface area contributed by atoms with Crippen molar-refractivity contribution in [2.45, 2.75) is 25.2 Å². The van der Waals surface area contributed by atoms with Crippen LogP contribution in [0.5, 0.6) is 0 Å². The van der Waals surface area contributed by atoms with Crippen LogP contribution in [0.2, 0.25) is 10.0 Å². The second-order valence-electron chi connectivity index (χ2n) is 5.20. The predicted molar refractivity (Wildman–Crippen MR) is 81.9 cm³/mol. The maximum Gasteiger partial charge on any atom is 0.244 e. The van der Waals surface area contributed by atoms with Crippen LogP contribution < -0.4 is 5.73 Å². The monoisotopic (exact) mass is 336 g/mol. The van der Waals surface area contributed by atoms with Crippen molar-refractivity contribution in [3.05, 3.63) is 27.2 Å². The van der Waals surface area contributed by atoms with Gasteiger partial charge in [0, 0.05) is 18.1 Å². The van der Waals surface area contributed by atoms with Crippen molar-refractivity contribution in [3.8, 4) is 0 Å². The fraction of sp³-hybridized carbons (Fsp3) is 0.538. The van der Waals surface area contributed by atoms with E-state index in [-0.39, 0.29) is 15.8 Å². The van der Waals surface area contributed by atoms with Gasteiger partial charge in [-0.3, -0.25) is 0 Å². The van der Waals surface area contributed by atoms with Crippen molar-refractivity contribution in [3.63, 3.8) is 0 Å².